The second-order valence-corrected chi connectivity index (χ2v) is 7.78. The Morgan fingerprint density at radius 3 is 2.43 bits per heavy atom. The van der Waals surface area contributed by atoms with Crippen LogP contribution in [0.5, 0.6) is 5.75 Å². The van der Waals surface area contributed by atoms with Gasteiger partial charge in [-0.3, -0.25) is 9.69 Å². The molecule has 1 aliphatic heterocycles. The summed E-state index contributed by atoms with van der Waals surface area (Å²) in [6.07, 6.45) is 1.73. The van der Waals surface area contributed by atoms with Gasteiger partial charge in [-0.25, -0.2) is 4.99 Å². The molecule has 6 heteroatoms. The molecule has 0 spiro atoms. The van der Waals surface area contributed by atoms with E-state index >= 15 is 0 Å². The van der Waals surface area contributed by atoms with Crippen molar-refractivity contribution in [3.05, 3.63) is 65.2 Å². The number of carbonyl (C=O) groups is 1. The Kier molecular flexibility index (Phi) is 3.93. The zero-order valence-corrected chi connectivity index (χ0v) is 15.9. The number of para-hydroxylation sites is 1. The molecule has 0 saturated heterocycles. The Bertz CT molecular complexity index is 1020. The quantitative estimate of drug-likeness (QED) is 0.862. The highest BCUT2D eigenvalue weighted by Crippen LogP contribution is 2.49. The van der Waals surface area contributed by atoms with Crippen molar-refractivity contribution in [1.82, 2.24) is 4.90 Å². The van der Waals surface area contributed by atoms with E-state index in [1.54, 1.807) is 31.3 Å². The molecule has 1 heterocycles. The van der Waals surface area contributed by atoms with Crippen molar-refractivity contribution in [2.75, 3.05) is 7.05 Å². The van der Waals surface area contributed by atoms with Gasteiger partial charge in [-0.15, -0.1) is 0 Å². The maximum atomic E-state index is 13.2. The zero-order valence-electron chi connectivity index (χ0n) is 15.9. The molecule has 0 bridgehead atoms. The second kappa shape index (κ2) is 6.10. The molecule has 142 valence electrons. The van der Waals surface area contributed by atoms with Crippen molar-refractivity contribution in [3.63, 3.8) is 0 Å². The van der Waals surface area contributed by atoms with Gasteiger partial charge in [0.25, 0.3) is 0 Å². The van der Waals surface area contributed by atoms with Gasteiger partial charge in [0.1, 0.15) is 11.3 Å². The van der Waals surface area contributed by atoms with E-state index < -0.39 is 11.5 Å². The van der Waals surface area contributed by atoms with Crippen LogP contribution >= 0.6 is 0 Å². The summed E-state index contributed by atoms with van der Waals surface area (Å²) in [6, 6.07) is 16.9. The van der Waals surface area contributed by atoms with Crippen molar-refractivity contribution >= 4 is 11.9 Å². The number of benzene rings is 2. The van der Waals surface area contributed by atoms with Gasteiger partial charge in [0.2, 0.25) is 5.91 Å². The van der Waals surface area contributed by atoms with Crippen molar-refractivity contribution in [2.24, 2.45) is 10.7 Å². The summed E-state index contributed by atoms with van der Waals surface area (Å²) >= 11 is 0. The first-order chi connectivity index (χ1) is 13.3. The first kappa shape index (κ1) is 18.1. The number of aliphatic imine (C=N–C) groups is 1. The Labute approximate surface area is 163 Å². The molecule has 4 rings (SSSR count). The van der Waals surface area contributed by atoms with Crippen LogP contribution in [0, 0.1) is 11.3 Å². The molecule has 0 unspecified atom stereocenters. The lowest BCUT2D eigenvalue weighted by molar-refractivity contribution is -0.130. The van der Waals surface area contributed by atoms with Gasteiger partial charge in [-0.05, 0) is 37.0 Å². The van der Waals surface area contributed by atoms with E-state index in [0.717, 1.165) is 24.0 Å². The summed E-state index contributed by atoms with van der Waals surface area (Å²) in [4.78, 5) is 19.2. The van der Waals surface area contributed by atoms with Crippen LogP contribution in [0.15, 0.2) is 53.5 Å². The number of hydrogen-bond acceptors (Lipinski definition) is 5. The summed E-state index contributed by atoms with van der Waals surface area (Å²) in [7, 11) is 1.60. The van der Waals surface area contributed by atoms with Gasteiger partial charge in [-0.1, -0.05) is 42.5 Å². The molecule has 2 aliphatic rings. The van der Waals surface area contributed by atoms with Crippen molar-refractivity contribution in [2.45, 2.75) is 36.6 Å². The molecule has 1 amide bonds. The van der Waals surface area contributed by atoms with Gasteiger partial charge in [0.15, 0.2) is 5.96 Å². The summed E-state index contributed by atoms with van der Waals surface area (Å²) < 4.78 is 0. The number of carbonyl (C=O) groups excluding carboxylic acids is 1. The van der Waals surface area contributed by atoms with Crippen LogP contribution in [-0.2, 0) is 15.7 Å². The highest BCUT2D eigenvalue weighted by Gasteiger charge is 2.49. The zero-order chi connectivity index (χ0) is 20.1. The standard InChI is InChI=1S/C22H22N4O2/c1-21(16-5-3-4-6-17(16)27)18(19(28)26(2)20(24)25-21)14-7-9-15(10-8-14)22(13-23)11-12-22/h3-10,18,27H,11-12H2,1-2H3,(H2,24,25)/t18-,21-/m1/s1. The van der Waals surface area contributed by atoms with Gasteiger partial charge in [0.05, 0.1) is 17.4 Å². The SMILES string of the molecule is CN1C(=O)[C@@H](c2ccc(C3(C#N)CC3)cc2)[C@@](C)(c2ccccc2O)N=C1N. The number of hydrogen-bond donors (Lipinski definition) is 2. The molecule has 0 radical (unpaired) electrons. The average molecular weight is 374 g/mol. The number of likely N-dealkylation sites (N-methyl/N-ethyl adjacent to an activating group) is 1. The van der Waals surface area contributed by atoms with Gasteiger partial charge in [0, 0.05) is 12.6 Å². The summed E-state index contributed by atoms with van der Waals surface area (Å²) in [6.45, 7) is 1.82. The Morgan fingerprint density at radius 2 is 1.86 bits per heavy atom. The number of phenols is 1. The summed E-state index contributed by atoms with van der Waals surface area (Å²) in [5.74, 6) is -0.649. The van der Waals surface area contributed by atoms with Crippen LogP contribution in [0.25, 0.3) is 0 Å². The monoisotopic (exact) mass is 374 g/mol. The Morgan fingerprint density at radius 1 is 1.21 bits per heavy atom. The fourth-order valence-corrected chi connectivity index (χ4v) is 4.09. The number of nitriles is 1. The molecule has 2 aromatic rings. The molecule has 1 fully saturated rings. The van der Waals surface area contributed by atoms with E-state index in [1.807, 2.05) is 31.2 Å². The van der Waals surface area contributed by atoms with E-state index in [2.05, 4.69) is 11.1 Å². The van der Waals surface area contributed by atoms with E-state index in [0.29, 0.717) is 5.56 Å². The lowest BCUT2D eigenvalue weighted by atomic mass is 9.74. The number of phenolic OH excluding ortho intramolecular Hbond substituents is 1. The lowest BCUT2D eigenvalue weighted by Gasteiger charge is -2.41. The lowest BCUT2D eigenvalue weighted by Crippen LogP contribution is -2.52. The fourth-order valence-electron chi connectivity index (χ4n) is 4.09. The molecule has 1 saturated carbocycles. The third kappa shape index (κ3) is 2.55. The van der Waals surface area contributed by atoms with Gasteiger partial charge in [-0.2, -0.15) is 5.26 Å². The first-order valence-corrected chi connectivity index (χ1v) is 9.25. The molecular formula is C22H22N4O2. The fraction of sp³-hybridized carbons (Fsp3) is 0.318. The van der Waals surface area contributed by atoms with Crippen LogP contribution in [0.3, 0.4) is 0 Å². The molecule has 1 aliphatic carbocycles. The van der Waals surface area contributed by atoms with Crippen LogP contribution < -0.4 is 5.73 Å². The van der Waals surface area contributed by atoms with E-state index in [-0.39, 0.29) is 23.0 Å². The first-order valence-electron chi connectivity index (χ1n) is 9.25. The smallest absolute Gasteiger partial charge is 0.239 e. The number of amides is 1. The Balaban J connectivity index is 1.84. The average Bonchev–Trinajstić information content (AvgIpc) is 3.48. The van der Waals surface area contributed by atoms with Gasteiger partial charge < -0.3 is 10.8 Å². The molecule has 6 nitrogen and oxygen atoms in total. The second-order valence-electron chi connectivity index (χ2n) is 7.78. The predicted octanol–water partition coefficient (Wildman–Crippen LogP) is 2.73. The maximum Gasteiger partial charge on any atom is 0.239 e. The van der Waals surface area contributed by atoms with E-state index in [9.17, 15) is 15.2 Å². The van der Waals surface area contributed by atoms with Crippen LogP contribution in [0.2, 0.25) is 0 Å². The van der Waals surface area contributed by atoms with Crippen LogP contribution in [0.1, 0.15) is 42.4 Å². The minimum absolute atomic E-state index is 0.0712. The Hall–Kier alpha value is -3.33. The molecule has 2 atom stereocenters. The minimum atomic E-state index is -1.05. The number of nitrogens with two attached hydrogens (primary N) is 1. The molecule has 28 heavy (non-hydrogen) atoms. The largest absolute Gasteiger partial charge is 0.508 e. The topological polar surface area (TPSA) is 103 Å². The van der Waals surface area contributed by atoms with E-state index in [1.165, 1.54) is 4.90 Å². The van der Waals surface area contributed by atoms with Crippen molar-refractivity contribution in [3.8, 4) is 11.8 Å². The maximum absolute atomic E-state index is 13.2. The van der Waals surface area contributed by atoms with Crippen LogP contribution in [-0.4, -0.2) is 28.9 Å². The summed E-state index contributed by atoms with van der Waals surface area (Å²) in [5.41, 5.74) is 6.88. The molecule has 0 aromatic heterocycles. The summed E-state index contributed by atoms with van der Waals surface area (Å²) in [5, 5.41) is 19.9. The number of guanidine groups is 1. The third-order valence-corrected chi connectivity index (χ3v) is 6.04. The normalized spacial score (nSPS) is 25.8. The highest BCUT2D eigenvalue weighted by molar-refractivity contribution is 6.02. The molecule has 2 aromatic carbocycles. The van der Waals surface area contributed by atoms with Crippen LogP contribution in [0.4, 0.5) is 0 Å². The van der Waals surface area contributed by atoms with Crippen molar-refractivity contribution in [1.29, 1.82) is 5.26 Å². The number of rotatable bonds is 3. The number of aromatic hydroxyl groups is 1. The minimum Gasteiger partial charge on any atom is -0.508 e. The van der Waals surface area contributed by atoms with E-state index in [4.69, 9.17) is 5.73 Å². The van der Waals surface area contributed by atoms with Gasteiger partial charge >= 0.3 is 0 Å². The van der Waals surface area contributed by atoms with Crippen molar-refractivity contribution < 1.29 is 9.90 Å². The number of nitrogens with zero attached hydrogens (tertiary/aromatic N) is 3. The molecular weight excluding hydrogens is 352 g/mol. The highest BCUT2D eigenvalue weighted by atomic mass is 16.3. The predicted molar refractivity (Wildman–Crippen MR) is 106 cm³/mol. The third-order valence-electron chi connectivity index (χ3n) is 6.04. The molecule has 3 N–H and O–H groups in total.